The number of carbonyl (C=O) groups excluding carboxylic acids is 1. The van der Waals surface area contributed by atoms with Crippen LogP contribution in [0.15, 0.2) is 66.9 Å². The molecule has 1 aromatic heterocycles. The Morgan fingerprint density at radius 1 is 1.04 bits per heavy atom. The number of nitrogens with zero attached hydrogens (tertiary/aromatic N) is 1. The average Bonchev–Trinajstić information content (AvgIpc) is 3.12. The second-order valence-corrected chi connectivity index (χ2v) is 7.02. The normalized spacial score (nSPS) is 11.0. The molecule has 132 valence electrons. The van der Waals surface area contributed by atoms with Gasteiger partial charge in [-0.2, -0.15) is 0 Å². The highest BCUT2D eigenvalue weighted by Crippen LogP contribution is 2.29. The van der Waals surface area contributed by atoms with E-state index in [0.717, 1.165) is 34.5 Å². The highest BCUT2D eigenvalue weighted by atomic mass is 32.1. The minimum Gasteiger partial charge on any atom is -0.423 e. The monoisotopic (exact) mass is 363 g/mol. The van der Waals surface area contributed by atoms with Gasteiger partial charge >= 0.3 is 5.97 Å². The Hall–Kier alpha value is -2.72. The highest BCUT2D eigenvalue weighted by Gasteiger charge is 2.06. The van der Waals surface area contributed by atoms with Crippen molar-refractivity contribution in [1.82, 2.24) is 4.98 Å². The third-order valence-electron chi connectivity index (χ3n) is 3.89. The van der Waals surface area contributed by atoms with Crippen LogP contribution in [0.4, 0.5) is 0 Å². The number of allylic oxidation sites excluding steroid dienone is 1. The van der Waals surface area contributed by atoms with E-state index in [1.807, 2.05) is 30.5 Å². The Kier molecular flexibility index (Phi) is 5.97. The second-order valence-electron chi connectivity index (χ2n) is 5.90. The lowest BCUT2D eigenvalue weighted by Crippen LogP contribution is -2.03. The van der Waals surface area contributed by atoms with Crippen LogP contribution in [0.25, 0.3) is 21.7 Å². The van der Waals surface area contributed by atoms with Gasteiger partial charge in [-0.1, -0.05) is 55.8 Å². The van der Waals surface area contributed by atoms with E-state index in [2.05, 4.69) is 36.2 Å². The number of carbonyl (C=O) groups is 1. The van der Waals surface area contributed by atoms with Crippen LogP contribution in [0, 0.1) is 0 Å². The lowest BCUT2D eigenvalue weighted by molar-refractivity contribution is -0.129. The van der Waals surface area contributed by atoms with Crippen molar-refractivity contribution in [3.63, 3.8) is 0 Å². The van der Waals surface area contributed by atoms with Crippen molar-refractivity contribution >= 4 is 17.3 Å². The molecular formula is C22H21NO2S. The molecule has 4 heteroatoms. The first-order valence-electron chi connectivity index (χ1n) is 8.69. The predicted molar refractivity (Wildman–Crippen MR) is 107 cm³/mol. The third kappa shape index (κ3) is 4.46. The molecule has 1 heterocycles. The molecule has 0 bridgehead atoms. The van der Waals surface area contributed by atoms with E-state index in [-0.39, 0.29) is 5.97 Å². The molecule has 0 fully saturated rings. The molecule has 3 nitrogen and oxygen atoms in total. The highest BCUT2D eigenvalue weighted by molar-refractivity contribution is 7.15. The van der Waals surface area contributed by atoms with Crippen molar-refractivity contribution in [2.75, 3.05) is 0 Å². The van der Waals surface area contributed by atoms with Crippen molar-refractivity contribution < 1.29 is 9.53 Å². The Morgan fingerprint density at radius 3 is 2.27 bits per heavy atom. The molecule has 0 unspecified atom stereocenters. The fraction of sp³-hybridized carbons (Fsp3) is 0.182. The maximum Gasteiger partial charge on any atom is 0.335 e. The molecule has 3 aromatic rings. The number of rotatable bonds is 6. The molecule has 0 spiro atoms. The molecule has 0 atom stereocenters. The van der Waals surface area contributed by atoms with Crippen LogP contribution < -0.4 is 4.74 Å². The Balaban J connectivity index is 1.72. The second kappa shape index (κ2) is 8.59. The number of hydrogen-bond donors (Lipinski definition) is 0. The van der Waals surface area contributed by atoms with E-state index in [0.29, 0.717) is 5.75 Å². The van der Waals surface area contributed by atoms with Gasteiger partial charge in [-0.25, -0.2) is 9.78 Å². The zero-order valence-corrected chi connectivity index (χ0v) is 15.8. The summed E-state index contributed by atoms with van der Waals surface area (Å²) in [5, 5.41) is 1.06. The first-order chi connectivity index (χ1) is 12.7. The summed E-state index contributed by atoms with van der Waals surface area (Å²) < 4.78 is 5.21. The van der Waals surface area contributed by atoms with Gasteiger partial charge in [-0.15, -0.1) is 11.3 Å². The molecular weight excluding hydrogens is 342 g/mol. The van der Waals surface area contributed by atoms with Crippen LogP contribution in [-0.2, 0) is 11.2 Å². The molecule has 0 aliphatic heterocycles. The fourth-order valence-corrected chi connectivity index (χ4v) is 3.63. The van der Waals surface area contributed by atoms with E-state index in [9.17, 15) is 4.79 Å². The fourth-order valence-electron chi connectivity index (χ4n) is 2.61. The largest absolute Gasteiger partial charge is 0.423 e. The number of thiazole rings is 1. The first-order valence-corrected chi connectivity index (χ1v) is 9.51. The molecule has 0 saturated heterocycles. The Labute approximate surface area is 158 Å². The minimum absolute atomic E-state index is 0.365. The molecule has 0 aliphatic carbocycles. The minimum atomic E-state index is -0.365. The number of hydrogen-bond acceptors (Lipinski definition) is 4. The summed E-state index contributed by atoms with van der Waals surface area (Å²) in [6, 6.07) is 15.9. The molecule has 26 heavy (non-hydrogen) atoms. The van der Waals surface area contributed by atoms with Gasteiger partial charge in [-0.3, -0.25) is 0 Å². The van der Waals surface area contributed by atoms with E-state index in [1.165, 1.54) is 11.0 Å². The zero-order valence-electron chi connectivity index (χ0n) is 14.9. The molecule has 0 N–H and O–H groups in total. The van der Waals surface area contributed by atoms with Crippen molar-refractivity contribution in [2.45, 2.75) is 26.7 Å². The summed E-state index contributed by atoms with van der Waals surface area (Å²) in [7, 11) is 0. The van der Waals surface area contributed by atoms with Crippen molar-refractivity contribution in [1.29, 1.82) is 0 Å². The van der Waals surface area contributed by atoms with Gasteiger partial charge in [0.25, 0.3) is 0 Å². The molecule has 3 rings (SSSR count). The van der Waals surface area contributed by atoms with Crippen molar-refractivity contribution in [3.05, 3.63) is 71.8 Å². The van der Waals surface area contributed by atoms with Crippen LogP contribution in [0.3, 0.4) is 0 Å². The maximum absolute atomic E-state index is 11.5. The summed E-state index contributed by atoms with van der Waals surface area (Å²) in [4.78, 5) is 17.3. The molecule has 0 saturated carbocycles. The Morgan fingerprint density at radius 2 is 1.65 bits per heavy atom. The lowest BCUT2D eigenvalue weighted by Gasteiger charge is -2.05. The molecule has 2 aromatic carbocycles. The van der Waals surface area contributed by atoms with Gasteiger partial charge < -0.3 is 4.74 Å². The van der Waals surface area contributed by atoms with Crippen LogP contribution in [0.1, 0.15) is 25.1 Å². The van der Waals surface area contributed by atoms with E-state index in [1.54, 1.807) is 24.3 Å². The molecule has 0 amide bonds. The summed E-state index contributed by atoms with van der Waals surface area (Å²) >= 11 is 1.76. The quantitative estimate of drug-likeness (QED) is 0.310. The Bertz CT molecular complexity index is 893. The third-order valence-corrected chi connectivity index (χ3v) is 5.00. The van der Waals surface area contributed by atoms with Gasteiger partial charge in [0.05, 0.1) is 0 Å². The van der Waals surface area contributed by atoms with Gasteiger partial charge in [0.1, 0.15) is 10.8 Å². The molecule has 0 aliphatic rings. The number of benzene rings is 2. The van der Waals surface area contributed by atoms with Crippen LogP contribution in [0.5, 0.6) is 5.75 Å². The van der Waals surface area contributed by atoms with E-state index in [4.69, 9.17) is 4.74 Å². The van der Waals surface area contributed by atoms with Crippen LogP contribution in [-0.4, -0.2) is 11.0 Å². The number of ether oxygens (including phenoxy) is 1. The topological polar surface area (TPSA) is 39.2 Å². The summed E-state index contributed by atoms with van der Waals surface area (Å²) in [6.45, 7) is 3.96. The first kappa shape index (κ1) is 18.1. The number of esters is 1. The maximum atomic E-state index is 11.5. The van der Waals surface area contributed by atoms with E-state index < -0.39 is 0 Å². The summed E-state index contributed by atoms with van der Waals surface area (Å²) in [6.07, 6.45) is 7.26. The zero-order chi connectivity index (χ0) is 18.4. The average molecular weight is 363 g/mol. The van der Waals surface area contributed by atoms with Crippen molar-refractivity contribution in [2.24, 2.45) is 0 Å². The van der Waals surface area contributed by atoms with Gasteiger partial charge in [0.15, 0.2) is 0 Å². The van der Waals surface area contributed by atoms with Gasteiger partial charge in [-0.05, 0) is 36.6 Å². The molecule has 0 radical (unpaired) electrons. The standard InChI is InChI=1S/C22H21NO2S/c1-3-5-20-15-23-22(26-20)18-9-7-16(8-10-18)17-11-13-19(14-12-17)25-21(24)6-4-2/h4,6-15H,3,5H2,1-2H3/b6-4+. The smallest absolute Gasteiger partial charge is 0.335 e. The number of aromatic nitrogens is 1. The van der Waals surface area contributed by atoms with E-state index >= 15 is 0 Å². The summed E-state index contributed by atoms with van der Waals surface area (Å²) in [5.74, 6) is 0.176. The van der Waals surface area contributed by atoms with Crippen LogP contribution >= 0.6 is 11.3 Å². The SMILES string of the molecule is C/C=C/C(=O)Oc1ccc(-c2ccc(-c3ncc(CCC)s3)cc2)cc1. The van der Waals surface area contributed by atoms with Crippen molar-refractivity contribution in [3.8, 4) is 27.4 Å². The van der Waals surface area contributed by atoms with Crippen LogP contribution in [0.2, 0.25) is 0 Å². The number of aryl methyl sites for hydroxylation is 1. The predicted octanol–water partition coefficient (Wildman–Crippen LogP) is 5.91. The summed E-state index contributed by atoms with van der Waals surface area (Å²) in [5.41, 5.74) is 3.33. The van der Waals surface area contributed by atoms with Gasteiger partial charge in [0, 0.05) is 22.7 Å². The lowest BCUT2D eigenvalue weighted by atomic mass is 10.0. The van der Waals surface area contributed by atoms with Gasteiger partial charge in [0.2, 0.25) is 0 Å².